The number of halogens is 3. The molecule has 2 rings (SSSR count). The zero-order valence-corrected chi connectivity index (χ0v) is 18.3. The van der Waals surface area contributed by atoms with Crippen molar-refractivity contribution in [3.63, 3.8) is 0 Å². The second-order valence-electron chi connectivity index (χ2n) is 6.39. The van der Waals surface area contributed by atoms with Gasteiger partial charge in [-0.2, -0.15) is 0 Å². The van der Waals surface area contributed by atoms with Crippen molar-refractivity contribution in [2.75, 3.05) is 33.3 Å². The van der Waals surface area contributed by atoms with Crippen LogP contribution in [-0.2, 0) is 6.54 Å². The van der Waals surface area contributed by atoms with Crippen molar-refractivity contribution >= 4 is 29.9 Å². The summed E-state index contributed by atoms with van der Waals surface area (Å²) < 4.78 is 30.3. The molecule has 0 radical (unpaired) electrons. The number of alkyl halides is 2. The number of guanidine groups is 1. The van der Waals surface area contributed by atoms with E-state index in [4.69, 9.17) is 4.74 Å². The number of likely N-dealkylation sites (tertiary alicyclic amines) is 1. The molecular formula is C18H30F2IN5O. The molecule has 9 heteroatoms. The number of aromatic nitrogens is 1. The molecular weight excluding hydrogens is 467 g/mol. The summed E-state index contributed by atoms with van der Waals surface area (Å²) >= 11 is 0. The van der Waals surface area contributed by atoms with Gasteiger partial charge >= 0.3 is 0 Å². The highest BCUT2D eigenvalue weighted by Gasteiger charge is 2.21. The van der Waals surface area contributed by atoms with E-state index in [1.165, 1.54) is 0 Å². The Morgan fingerprint density at radius 2 is 2.11 bits per heavy atom. The normalized spacial score (nSPS) is 16.1. The van der Waals surface area contributed by atoms with Crippen molar-refractivity contribution in [3.05, 3.63) is 23.9 Å². The van der Waals surface area contributed by atoms with Crippen molar-refractivity contribution in [2.45, 2.75) is 45.2 Å². The van der Waals surface area contributed by atoms with Gasteiger partial charge in [0.1, 0.15) is 0 Å². The molecule has 0 amide bonds. The lowest BCUT2D eigenvalue weighted by Gasteiger charge is -2.32. The van der Waals surface area contributed by atoms with E-state index in [9.17, 15) is 8.78 Å². The highest BCUT2D eigenvalue weighted by atomic mass is 127. The van der Waals surface area contributed by atoms with Gasteiger partial charge in [-0.15, -0.1) is 24.0 Å². The number of nitrogens with zero attached hydrogens (tertiary/aromatic N) is 3. The Morgan fingerprint density at radius 3 is 2.67 bits per heavy atom. The number of pyridine rings is 1. The van der Waals surface area contributed by atoms with E-state index in [-0.39, 0.29) is 36.6 Å². The molecule has 154 valence electrons. The summed E-state index contributed by atoms with van der Waals surface area (Å²) in [4.78, 5) is 10.3. The quantitative estimate of drug-likeness (QED) is 0.329. The Hall–Kier alpha value is -1.23. The Morgan fingerprint density at radius 1 is 1.37 bits per heavy atom. The first-order chi connectivity index (χ1) is 12.6. The third-order valence-corrected chi connectivity index (χ3v) is 4.26. The van der Waals surface area contributed by atoms with Crippen LogP contribution >= 0.6 is 24.0 Å². The van der Waals surface area contributed by atoms with Gasteiger partial charge in [-0.25, -0.2) is 13.8 Å². The molecule has 0 unspecified atom stereocenters. The van der Waals surface area contributed by atoms with Gasteiger partial charge < -0.3 is 15.4 Å². The van der Waals surface area contributed by atoms with Crippen molar-refractivity contribution in [1.29, 1.82) is 0 Å². The maximum absolute atomic E-state index is 12.4. The molecule has 0 bridgehead atoms. The first-order valence-electron chi connectivity index (χ1n) is 9.16. The molecule has 1 fully saturated rings. The molecule has 0 saturated carbocycles. The summed E-state index contributed by atoms with van der Waals surface area (Å²) in [5.41, 5.74) is 1.03. The molecule has 0 atom stereocenters. The zero-order valence-electron chi connectivity index (χ0n) is 16.0. The summed E-state index contributed by atoms with van der Waals surface area (Å²) in [7, 11) is 1.72. The van der Waals surface area contributed by atoms with E-state index in [0.29, 0.717) is 38.1 Å². The average Bonchev–Trinajstić information content (AvgIpc) is 2.65. The lowest BCUT2D eigenvalue weighted by Crippen LogP contribution is -2.49. The largest absolute Gasteiger partial charge is 0.478 e. The van der Waals surface area contributed by atoms with Gasteiger partial charge in [0.25, 0.3) is 6.43 Å². The topological polar surface area (TPSA) is 61.8 Å². The van der Waals surface area contributed by atoms with Gasteiger partial charge in [0.05, 0.1) is 13.2 Å². The Balaban J connectivity index is 0.00000364. The van der Waals surface area contributed by atoms with Gasteiger partial charge in [0, 0.05) is 45.0 Å². The minimum absolute atomic E-state index is 0. The van der Waals surface area contributed by atoms with Crippen LogP contribution in [0.1, 0.15) is 31.7 Å². The van der Waals surface area contributed by atoms with Crippen LogP contribution in [0.2, 0.25) is 0 Å². The summed E-state index contributed by atoms with van der Waals surface area (Å²) in [6.45, 7) is 4.55. The monoisotopic (exact) mass is 497 g/mol. The smallest absolute Gasteiger partial charge is 0.251 e. The van der Waals surface area contributed by atoms with Crippen LogP contribution in [0.5, 0.6) is 5.88 Å². The molecule has 6 nitrogen and oxygen atoms in total. The van der Waals surface area contributed by atoms with Crippen LogP contribution in [-0.4, -0.2) is 61.6 Å². The fourth-order valence-corrected chi connectivity index (χ4v) is 2.84. The molecule has 0 aromatic carbocycles. The Labute approximate surface area is 177 Å². The Kier molecular flexibility index (Phi) is 11.5. The van der Waals surface area contributed by atoms with E-state index in [1.54, 1.807) is 13.2 Å². The van der Waals surface area contributed by atoms with Crippen LogP contribution in [0.15, 0.2) is 23.3 Å². The Bertz CT molecular complexity index is 551. The highest BCUT2D eigenvalue weighted by Crippen LogP contribution is 2.12. The maximum atomic E-state index is 12.4. The molecule has 1 saturated heterocycles. The first-order valence-corrected chi connectivity index (χ1v) is 9.16. The van der Waals surface area contributed by atoms with Gasteiger partial charge in [-0.05, 0) is 24.8 Å². The fourth-order valence-electron chi connectivity index (χ4n) is 2.84. The second-order valence-corrected chi connectivity index (χ2v) is 6.39. The van der Waals surface area contributed by atoms with Crippen LogP contribution < -0.4 is 15.4 Å². The van der Waals surface area contributed by atoms with E-state index in [2.05, 4.69) is 27.5 Å². The zero-order chi connectivity index (χ0) is 18.8. The van der Waals surface area contributed by atoms with Crippen LogP contribution in [0.3, 0.4) is 0 Å². The lowest BCUT2D eigenvalue weighted by atomic mass is 10.1. The number of nitrogens with one attached hydrogen (secondary N) is 2. The summed E-state index contributed by atoms with van der Waals surface area (Å²) in [5.74, 6) is 1.34. The minimum atomic E-state index is -2.26. The van der Waals surface area contributed by atoms with Gasteiger partial charge in [0.15, 0.2) is 5.96 Å². The number of ether oxygens (including phenoxy) is 1. The van der Waals surface area contributed by atoms with Gasteiger partial charge in [-0.3, -0.25) is 9.89 Å². The molecule has 1 aliphatic heterocycles. The third-order valence-electron chi connectivity index (χ3n) is 4.26. The van der Waals surface area contributed by atoms with Gasteiger partial charge in [-0.1, -0.05) is 13.0 Å². The van der Waals surface area contributed by atoms with Crippen molar-refractivity contribution in [1.82, 2.24) is 20.5 Å². The molecule has 1 aromatic heterocycles. The van der Waals surface area contributed by atoms with E-state index >= 15 is 0 Å². The SMILES string of the molecule is CCCOc1ccc(CNC(=NC)NC2CCN(CC(F)F)CC2)cn1.I. The molecule has 1 aliphatic rings. The standard InChI is InChI=1S/C18H29F2N5O.HI/c1-3-10-26-17-5-4-14(11-22-17)12-23-18(21-2)24-15-6-8-25(9-7-15)13-16(19)20;/h4-5,11,15-16H,3,6-10,12-13H2,1-2H3,(H2,21,23,24);1H. The lowest BCUT2D eigenvalue weighted by molar-refractivity contribution is 0.0744. The summed E-state index contributed by atoms with van der Waals surface area (Å²) in [5, 5.41) is 6.63. The minimum Gasteiger partial charge on any atom is -0.478 e. The second kappa shape index (κ2) is 13.0. The van der Waals surface area contributed by atoms with Crippen LogP contribution in [0.25, 0.3) is 0 Å². The van der Waals surface area contributed by atoms with Gasteiger partial charge in [0.2, 0.25) is 5.88 Å². The molecule has 0 spiro atoms. The number of hydrogen-bond donors (Lipinski definition) is 2. The van der Waals surface area contributed by atoms with Crippen molar-refractivity contribution < 1.29 is 13.5 Å². The molecule has 1 aromatic rings. The number of hydrogen-bond acceptors (Lipinski definition) is 4. The predicted molar refractivity (Wildman–Crippen MR) is 114 cm³/mol. The molecule has 2 heterocycles. The average molecular weight is 497 g/mol. The molecule has 27 heavy (non-hydrogen) atoms. The number of aliphatic imine (C=N–C) groups is 1. The molecule has 0 aliphatic carbocycles. The third kappa shape index (κ3) is 9.00. The fraction of sp³-hybridized carbons (Fsp3) is 0.667. The number of piperidine rings is 1. The van der Waals surface area contributed by atoms with Crippen molar-refractivity contribution in [3.8, 4) is 5.88 Å². The maximum Gasteiger partial charge on any atom is 0.251 e. The van der Waals surface area contributed by atoms with E-state index in [0.717, 1.165) is 24.8 Å². The first kappa shape index (κ1) is 23.8. The van der Waals surface area contributed by atoms with E-state index in [1.807, 2.05) is 17.0 Å². The van der Waals surface area contributed by atoms with Crippen LogP contribution in [0.4, 0.5) is 8.78 Å². The highest BCUT2D eigenvalue weighted by molar-refractivity contribution is 14.0. The van der Waals surface area contributed by atoms with Crippen molar-refractivity contribution in [2.24, 2.45) is 4.99 Å². The molecule has 2 N–H and O–H groups in total. The summed E-state index contributed by atoms with van der Waals surface area (Å²) in [6.07, 6.45) is 2.14. The predicted octanol–water partition coefficient (Wildman–Crippen LogP) is 2.88. The summed E-state index contributed by atoms with van der Waals surface area (Å²) in [6, 6.07) is 4.08. The number of rotatable bonds is 8. The van der Waals surface area contributed by atoms with Crippen LogP contribution in [0, 0.1) is 0 Å². The van der Waals surface area contributed by atoms with E-state index < -0.39 is 6.43 Å².